The number of rotatable bonds is 2. The zero-order chi connectivity index (χ0) is 7.28. The summed E-state index contributed by atoms with van der Waals surface area (Å²) < 4.78 is 4.27. The summed E-state index contributed by atoms with van der Waals surface area (Å²) in [6.07, 6.45) is 0.511. The van der Waals surface area contributed by atoms with Crippen LogP contribution in [0, 0.1) is 0 Å². The predicted octanol–water partition coefficient (Wildman–Crippen LogP) is 0.228. The van der Waals surface area contributed by atoms with Crippen LogP contribution in [-0.2, 0) is 14.3 Å². The molecule has 54 valence electrons. The molecule has 0 aromatic carbocycles. The van der Waals surface area contributed by atoms with Crippen molar-refractivity contribution in [3.63, 3.8) is 0 Å². The third-order valence-corrected chi connectivity index (χ3v) is 0.805. The summed E-state index contributed by atoms with van der Waals surface area (Å²) in [5.74, 6) is -0.913. The third-order valence-electron chi connectivity index (χ3n) is 0.805. The van der Waals surface area contributed by atoms with Crippen LogP contribution in [0.25, 0.3) is 0 Å². The summed E-state index contributed by atoms with van der Waals surface area (Å²) in [6, 6.07) is 0. The van der Waals surface area contributed by atoms with Crippen molar-refractivity contribution in [1.82, 2.24) is 0 Å². The zero-order valence-electron chi connectivity index (χ0n) is 5.64. The maximum absolute atomic E-state index is 10.3. The van der Waals surface area contributed by atoms with E-state index in [1.165, 1.54) is 0 Å². The van der Waals surface area contributed by atoms with E-state index >= 15 is 0 Å². The van der Waals surface area contributed by atoms with Gasteiger partial charge in [-0.05, 0) is 0 Å². The molecule has 0 saturated carbocycles. The van der Waals surface area contributed by atoms with Crippen molar-refractivity contribution in [2.75, 3.05) is 0 Å². The quantitative estimate of drug-likeness (QED) is 0.529. The molecule has 0 N–H and O–H groups in total. The number of hydrogen-bond acceptors (Lipinski definition) is 3. The Balaban J connectivity index is 0. The van der Waals surface area contributed by atoms with Crippen molar-refractivity contribution < 1.29 is 14.3 Å². The normalized spacial score (nSPS) is 7.80. The van der Waals surface area contributed by atoms with Crippen molar-refractivity contribution in [3.05, 3.63) is 0 Å². The Morgan fingerprint density at radius 3 is 1.60 bits per heavy atom. The first kappa shape index (κ1) is 13.8. The van der Waals surface area contributed by atoms with E-state index in [0.29, 0.717) is 0 Å². The Bertz CT molecular complexity index is 108. The van der Waals surface area contributed by atoms with Crippen molar-refractivity contribution in [3.8, 4) is 0 Å². The topological polar surface area (TPSA) is 43.4 Å². The van der Waals surface area contributed by atoms with Gasteiger partial charge in [0.1, 0.15) is 0 Å². The van der Waals surface area contributed by atoms with Crippen molar-refractivity contribution >= 4 is 80.8 Å². The molecular weight excluding hydrogens is 253 g/mol. The van der Waals surface area contributed by atoms with E-state index in [-0.39, 0.29) is 81.7 Å². The molecule has 0 saturated heterocycles. The standard InChI is InChI=1S/C6H10O3.Cs.H/c1-3-5(7)9-6(8)4-2;;/h3-4H2,1-2H3;;. The first-order chi connectivity index (χ1) is 4.20. The summed E-state index contributed by atoms with van der Waals surface area (Å²) in [5.41, 5.74) is 0. The summed E-state index contributed by atoms with van der Waals surface area (Å²) in [7, 11) is 0. The van der Waals surface area contributed by atoms with E-state index in [4.69, 9.17) is 0 Å². The molecule has 0 amide bonds. The summed E-state index contributed by atoms with van der Waals surface area (Å²) >= 11 is 0. The maximum atomic E-state index is 10.3. The van der Waals surface area contributed by atoms with Gasteiger partial charge in [-0.1, -0.05) is 13.8 Å². The van der Waals surface area contributed by atoms with Gasteiger partial charge in [0.25, 0.3) is 0 Å². The molecule has 0 aliphatic rings. The van der Waals surface area contributed by atoms with Crippen LogP contribution in [0.3, 0.4) is 0 Å². The van der Waals surface area contributed by atoms with Gasteiger partial charge in [-0.15, -0.1) is 0 Å². The van der Waals surface area contributed by atoms with Crippen molar-refractivity contribution in [2.24, 2.45) is 0 Å². The molecule has 0 atom stereocenters. The minimum atomic E-state index is -0.457. The summed E-state index contributed by atoms with van der Waals surface area (Å²) in [4.78, 5) is 20.7. The van der Waals surface area contributed by atoms with Crippen molar-refractivity contribution in [1.29, 1.82) is 0 Å². The Labute approximate surface area is 119 Å². The van der Waals surface area contributed by atoms with Crippen LogP contribution in [0.5, 0.6) is 0 Å². The van der Waals surface area contributed by atoms with E-state index in [1.807, 2.05) is 0 Å². The molecule has 3 nitrogen and oxygen atoms in total. The van der Waals surface area contributed by atoms with Crippen LogP contribution in [0.1, 0.15) is 26.7 Å². The summed E-state index contributed by atoms with van der Waals surface area (Å²) in [5, 5.41) is 0. The molecule has 0 fully saturated rings. The van der Waals surface area contributed by atoms with Gasteiger partial charge in [0.05, 0.1) is 0 Å². The second-order valence-electron chi connectivity index (χ2n) is 1.55. The van der Waals surface area contributed by atoms with Gasteiger partial charge < -0.3 is 4.74 Å². The first-order valence-corrected chi connectivity index (χ1v) is 2.94. The van der Waals surface area contributed by atoms with E-state index in [9.17, 15) is 9.59 Å². The minimum absolute atomic E-state index is 0. The molecule has 0 radical (unpaired) electrons. The number of ether oxygens (including phenoxy) is 1. The van der Waals surface area contributed by atoms with Crippen LogP contribution in [0.15, 0.2) is 0 Å². The molecule has 0 aromatic rings. The Morgan fingerprint density at radius 2 is 1.40 bits per heavy atom. The number of hydrogen-bond donors (Lipinski definition) is 0. The Hall–Kier alpha value is 1.19. The molecule has 0 unspecified atom stereocenters. The second kappa shape index (κ2) is 8.29. The second-order valence-corrected chi connectivity index (χ2v) is 1.55. The summed E-state index contributed by atoms with van der Waals surface area (Å²) in [6.45, 7) is 3.29. The van der Waals surface area contributed by atoms with Gasteiger partial charge in [0, 0.05) is 12.8 Å². The SMILES string of the molecule is CCC(=O)OC(=O)CC.[CsH]. The Kier molecular flexibility index (Phi) is 11.4. The van der Waals surface area contributed by atoms with Crippen LogP contribution >= 0.6 is 0 Å². The van der Waals surface area contributed by atoms with Gasteiger partial charge in [-0.25, -0.2) is 0 Å². The molecule has 10 heavy (non-hydrogen) atoms. The van der Waals surface area contributed by atoms with E-state index in [2.05, 4.69) is 4.74 Å². The van der Waals surface area contributed by atoms with E-state index in [1.54, 1.807) is 13.8 Å². The van der Waals surface area contributed by atoms with Gasteiger partial charge in [0.2, 0.25) is 0 Å². The Morgan fingerprint density at radius 1 is 1.10 bits per heavy atom. The average Bonchev–Trinajstić information content (AvgIpc) is 1.87. The fraction of sp³-hybridized carbons (Fsp3) is 0.667. The molecular formula is C6H11CsO3. The zero-order valence-corrected chi connectivity index (χ0v) is 5.64. The van der Waals surface area contributed by atoms with Crippen molar-refractivity contribution in [2.45, 2.75) is 26.7 Å². The first-order valence-electron chi connectivity index (χ1n) is 2.94. The molecule has 0 aromatic heterocycles. The van der Waals surface area contributed by atoms with Crippen LogP contribution in [0.2, 0.25) is 0 Å². The van der Waals surface area contributed by atoms with Gasteiger partial charge >= 0.3 is 80.8 Å². The van der Waals surface area contributed by atoms with Gasteiger partial charge in [-0.3, -0.25) is 9.59 Å². The fourth-order valence-corrected chi connectivity index (χ4v) is 0.271. The van der Waals surface area contributed by atoms with Gasteiger partial charge in [-0.2, -0.15) is 0 Å². The fourth-order valence-electron chi connectivity index (χ4n) is 0.271. The average molecular weight is 264 g/mol. The number of carbonyl (C=O) groups is 2. The molecule has 0 spiro atoms. The van der Waals surface area contributed by atoms with E-state index < -0.39 is 11.9 Å². The van der Waals surface area contributed by atoms with E-state index in [0.717, 1.165) is 0 Å². The van der Waals surface area contributed by atoms with Crippen LogP contribution < -0.4 is 0 Å². The number of esters is 2. The predicted molar refractivity (Wildman–Crippen MR) is 38.8 cm³/mol. The van der Waals surface area contributed by atoms with Crippen LogP contribution in [0.4, 0.5) is 0 Å². The van der Waals surface area contributed by atoms with Crippen LogP contribution in [-0.4, -0.2) is 80.8 Å². The molecule has 0 rings (SSSR count). The molecule has 4 heteroatoms. The molecule has 0 aliphatic heterocycles. The molecule has 0 heterocycles. The monoisotopic (exact) mass is 264 g/mol. The van der Waals surface area contributed by atoms with Gasteiger partial charge in [0.15, 0.2) is 0 Å². The number of carbonyl (C=O) groups excluding carboxylic acids is 2. The third kappa shape index (κ3) is 7.30. The molecule has 0 aliphatic carbocycles. The molecule has 0 bridgehead atoms.